The summed E-state index contributed by atoms with van der Waals surface area (Å²) in [4.78, 5) is 0. The van der Waals surface area contributed by atoms with Crippen LogP contribution in [-0.4, -0.2) is 11.2 Å². The van der Waals surface area contributed by atoms with Gasteiger partial charge >= 0.3 is 0 Å². The summed E-state index contributed by atoms with van der Waals surface area (Å²) in [5.41, 5.74) is 3.50. The predicted molar refractivity (Wildman–Crippen MR) is 121 cm³/mol. The number of hydrogen-bond donors (Lipinski definition) is 1. The minimum atomic E-state index is -0.0124. The van der Waals surface area contributed by atoms with Gasteiger partial charge in [0.25, 0.3) is 0 Å². The van der Waals surface area contributed by atoms with Crippen LogP contribution in [-0.2, 0) is 0 Å². The quantitative estimate of drug-likeness (QED) is 0.479. The molecule has 5 aliphatic rings. The van der Waals surface area contributed by atoms with Gasteiger partial charge in [0.05, 0.1) is 6.10 Å². The molecule has 5 aliphatic carbocycles. The molecule has 4 saturated carbocycles. The van der Waals surface area contributed by atoms with Crippen molar-refractivity contribution in [3.05, 3.63) is 11.6 Å². The average molecular weight is 399 g/mol. The molecular weight excluding hydrogens is 352 g/mol. The fourth-order valence-electron chi connectivity index (χ4n) is 9.39. The highest BCUT2D eigenvalue weighted by Crippen LogP contribution is 2.82. The van der Waals surface area contributed by atoms with Crippen LogP contribution < -0.4 is 0 Å². The smallest absolute Gasteiger partial charge is 0.0546 e. The van der Waals surface area contributed by atoms with Crippen molar-refractivity contribution in [1.82, 2.24) is 0 Å². The minimum Gasteiger partial charge on any atom is -0.393 e. The lowest BCUT2D eigenvalue weighted by molar-refractivity contribution is 0.0219. The number of rotatable bonds is 5. The van der Waals surface area contributed by atoms with Gasteiger partial charge < -0.3 is 5.11 Å². The summed E-state index contributed by atoms with van der Waals surface area (Å²) in [6.45, 7) is 12.5. The normalized spacial score (nSPS) is 50.1. The van der Waals surface area contributed by atoms with E-state index in [9.17, 15) is 5.11 Å². The van der Waals surface area contributed by atoms with Crippen molar-refractivity contribution in [2.24, 2.45) is 51.8 Å². The zero-order chi connectivity index (χ0) is 20.6. The van der Waals surface area contributed by atoms with Crippen LogP contribution in [0.2, 0.25) is 0 Å². The second-order valence-electron chi connectivity index (χ2n) is 13.0. The third kappa shape index (κ3) is 2.88. The van der Waals surface area contributed by atoms with Gasteiger partial charge in [-0.1, -0.05) is 59.1 Å². The Hall–Kier alpha value is -0.300. The Morgan fingerprint density at radius 3 is 2.59 bits per heavy atom. The SMILES string of the molecule is CC(C)C(C)CCC(C)C1CCC2C3CCC45CC(O)CCC4(C5)C3=CCC12C. The van der Waals surface area contributed by atoms with Crippen molar-refractivity contribution in [3.8, 4) is 0 Å². The van der Waals surface area contributed by atoms with Crippen molar-refractivity contribution >= 4 is 0 Å². The molecule has 1 N–H and O–H groups in total. The standard InChI is InChI=1S/C28H46O/c1-18(2)19(3)6-7-20(4)23-8-9-24-22-11-14-27-16-21(29)10-15-28(27,17-27)25(22)12-13-26(23,24)5/h12,18-24,29H,6-11,13-17H2,1-5H3. The van der Waals surface area contributed by atoms with Gasteiger partial charge in [-0.3, -0.25) is 0 Å². The van der Waals surface area contributed by atoms with Crippen molar-refractivity contribution < 1.29 is 5.11 Å². The maximum Gasteiger partial charge on any atom is 0.0546 e. The van der Waals surface area contributed by atoms with Crippen LogP contribution in [0.15, 0.2) is 11.6 Å². The Kier molecular flexibility index (Phi) is 4.86. The molecule has 0 aliphatic heterocycles. The Balaban J connectivity index is 1.33. The Bertz CT molecular complexity index is 674. The second kappa shape index (κ2) is 6.85. The van der Waals surface area contributed by atoms with Crippen LogP contribution in [0.4, 0.5) is 0 Å². The summed E-state index contributed by atoms with van der Waals surface area (Å²) in [6.07, 6.45) is 17.6. The summed E-state index contributed by atoms with van der Waals surface area (Å²) >= 11 is 0. The topological polar surface area (TPSA) is 20.2 Å². The maximum atomic E-state index is 10.3. The van der Waals surface area contributed by atoms with Gasteiger partial charge in [0.2, 0.25) is 0 Å². The van der Waals surface area contributed by atoms with Gasteiger partial charge in [0, 0.05) is 0 Å². The molecule has 0 heterocycles. The van der Waals surface area contributed by atoms with E-state index in [-0.39, 0.29) is 6.10 Å². The summed E-state index contributed by atoms with van der Waals surface area (Å²) < 4.78 is 0. The van der Waals surface area contributed by atoms with Crippen LogP contribution in [0.25, 0.3) is 0 Å². The predicted octanol–water partition coefficient (Wildman–Crippen LogP) is 7.39. The van der Waals surface area contributed by atoms with Gasteiger partial charge in [0.15, 0.2) is 0 Å². The number of allylic oxidation sites excluding steroid dienone is 2. The van der Waals surface area contributed by atoms with E-state index in [1.165, 1.54) is 57.8 Å². The van der Waals surface area contributed by atoms with E-state index < -0.39 is 0 Å². The summed E-state index contributed by atoms with van der Waals surface area (Å²) in [7, 11) is 0. The second-order valence-corrected chi connectivity index (χ2v) is 13.0. The molecule has 0 saturated heterocycles. The molecule has 0 radical (unpaired) electrons. The van der Waals surface area contributed by atoms with Gasteiger partial charge in [-0.2, -0.15) is 0 Å². The largest absolute Gasteiger partial charge is 0.393 e. The molecule has 1 nitrogen and oxygen atoms in total. The molecule has 0 aromatic rings. The molecule has 0 amide bonds. The summed E-state index contributed by atoms with van der Waals surface area (Å²) in [6, 6.07) is 0. The highest BCUT2D eigenvalue weighted by atomic mass is 16.3. The third-order valence-corrected chi connectivity index (χ3v) is 11.6. The fraction of sp³-hybridized carbons (Fsp3) is 0.929. The van der Waals surface area contributed by atoms with E-state index >= 15 is 0 Å². The van der Waals surface area contributed by atoms with E-state index in [4.69, 9.17) is 0 Å². The van der Waals surface area contributed by atoms with E-state index in [0.717, 1.165) is 48.3 Å². The van der Waals surface area contributed by atoms with Crippen LogP contribution in [0, 0.1) is 51.8 Å². The van der Waals surface area contributed by atoms with Crippen molar-refractivity contribution in [1.29, 1.82) is 0 Å². The lowest BCUT2D eigenvalue weighted by Gasteiger charge is -2.52. The first-order valence-electron chi connectivity index (χ1n) is 13.1. The zero-order valence-corrected chi connectivity index (χ0v) is 19.8. The monoisotopic (exact) mass is 398 g/mol. The Morgan fingerprint density at radius 2 is 1.83 bits per heavy atom. The van der Waals surface area contributed by atoms with Gasteiger partial charge in [-0.05, 0) is 110 Å². The van der Waals surface area contributed by atoms with Crippen LogP contribution >= 0.6 is 0 Å². The molecule has 1 heteroatoms. The molecule has 0 aromatic carbocycles. The maximum absolute atomic E-state index is 10.3. The summed E-state index contributed by atoms with van der Waals surface area (Å²) in [5, 5.41) is 10.3. The van der Waals surface area contributed by atoms with Gasteiger partial charge in [0.1, 0.15) is 0 Å². The first kappa shape index (κ1) is 20.6. The van der Waals surface area contributed by atoms with Crippen LogP contribution in [0.3, 0.4) is 0 Å². The first-order valence-corrected chi connectivity index (χ1v) is 13.1. The van der Waals surface area contributed by atoms with E-state index in [1.54, 1.807) is 0 Å². The van der Waals surface area contributed by atoms with Gasteiger partial charge in [-0.15, -0.1) is 0 Å². The molecule has 5 rings (SSSR count). The highest BCUT2D eigenvalue weighted by molar-refractivity contribution is 5.40. The molecule has 29 heavy (non-hydrogen) atoms. The van der Waals surface area contributed by atoms with Crippen LogP contribution in [0.5, 0.6) is 0 Å². The van der Waals surface area contributed by atoms with Crippen molar-refractivity contribution in [3.63, 3.8) is 0 Å². The molecule has 9 unspecified atom stereocenters. The highest BCUT2D eigenvalue weighted by Gasteiger charge is 2.73. The van der Waals surface area contributed by atoms with Crippen molar-refractivity contribution in [2.45, 2.75) is 111 Å². The first-order chi connectivity index (χ1) is 13.7. The average Bonchev–Trinajstić information content (AvgIpc) is 3.24. The molecule has 164 valence electrons. The summed E-state index contributed by atoms with van der Waals surface area (Å²) in [5.74, 6) is 5.32. The molecule has 0 bridgehead atoms. The number of fused-ring (bicyclic) bond motifs is 3. The number of hydrogen-bond acceptors (Lipinski definition) is 1. The van der Waals surface area contributed by atoms with E-state index in [0.29, 0.717) is 16.2 Å². The van der Waals surface area contributed by atoms with Crippen molar-refractivity contribution in [2.75, 3.05) is 0 Å². The molecular formula is C28H46O. The fourth-order valence-corrected chi connectivity index (χ4v) is 9.39. The number of aliphatic hydroxyl groups is 1. The van der Waals surface area contributed by atoms with Gasteiger partial charge in [-0.25, -0.2) is 0 Å². The molecule has 4 fully saturated rings. The Labute approximate surface area is 180 Å². The minimum absolute atomic E-state index is 0.0124. The van der Waals surface area contributed by atoms with Crippen LogP contribution in [0.1, 0.15) is 105 Å². The van der Waals surface area contributed by atoms with E-state index in [1.807, 2.05) is 5.57 Å². The van der Waals surface area contributed by atoms with E-state index in [2.05, 4.69) is 40.7 Å². The lowest BCUT2D eigenvalue weighted by Crippen LogP contribution is -2.44. The Morgan fingerprint density at radius 1 is 1.03 bits per heavy atom. The third-order valence-electron chi connectivity index (χ3n) is 11.6. The molecule has 0 spiro atoms. The molecule has 9 atom stereocenters. The lowest BCUT2D eigenvalue weighted by atomic mass is 9.53. The molecule has 0 aromatic heterocycles. The zero-order valence-electron chi connectivity index (χ0n) is 19.8. The number of aliphatic hydroxyl groups excluding tert-OH is 1.